The average molecular weight is 393 g/mol. The Hall–Kier alpha value is -3.24. The van der Waals surface area contributed by atoms with Gasteiger partial charge in [-0.25, -0.2) is 4.57 Å². The fourth-order valence-corrected chi connectivity index (χ4v) is 6.02. The van der Waals surface area contributed by atoms with Gasteiger partial charge >= 0.3 is 0 Å². The van der Waals surface area contributed by atoms with Crippen LogP contribution in [-0.2, 0) is 7.05 Å². The fourth-order valence-electron chi connectivity index (χ4n) is 5.20. The van der Waals surface area contributed by atoms with Crippen molar-refractivity contribution in [1.82, 2.24) is 9.38 Å². The highest BCUT2D eigenvalue weighted by Gasteiger charge is 2.25. The molecule has 4 heterocycles. The Labute approximate surface area is 170 Å². The quantitative estimate of drug-likeness (QED) is 0.175. The van der Waals surface area contributed by atoms with Gasteiger partial charge in [0, 0.05) is 20.9 Å². The number of nitrogens with zero attached hydrogens (tertiary/aromatic N) is 3. The molecule has 3 nitrogen and oxygen atoms in total. The SMILES string of the molecule is Cc1cc2c3ccccc3n3c4cc5sccc5c5nc[n+](C)c(c(c1C)c23)c54. The molecule has 0 aliphatic rings. The van der Waals surface area contributed by atoms with Crippen molar-refractivity contribution in [2.75, 3.05) is 0 Å². The second kappa shape index (κ2) is 5.02. The summed E-state index contributed by atoms with van der Waals surface area (Å²) < 4.78 is 5.97. The molecule has 0 fully saturated rings. The molecule has 0 bridgehead atoms. The number of benzene rings is 3. The lowest BCUT2D eigenvalue weighted by atomic mass is 9.97. The Morgan fingerprint density at radius 1 is 0.931 bits per heavy atom. The molecule has 0 aliphatic heterocycles. The standard InChI is InChI=1S/C25H18N3S/c1-13-10-17-15-6-4-5-7-18(15)28-19-11-20-16(8-9-29-20)23-22(19)25(27(3)12-26-23)21(14(13)2)24(17)28/h4-12H,1-3H3/q+1. The van der Waals surface area contributed by atoms with Crippen LogP contribution >= 0.6 is 11.3 Å². The molecule has 0 atom stereocenters. The molecule has 0 unspecified atom stereocenters. The van der Waals surface area contributed by atoms with Crippen molar-refractivity contribution in [3.63, 3.8) is 0 Å². The third-order valence-corrected chi connectivity index (χ3v) is 7.48. The molecule has 7 rings (SSSR count). The normalized spacial score (nSPS) is 12.7. The Morgan fingerprint density at radius 3 is 2.69 bits per heavy atom. The van der Waals surface area contributed by atoms with Crippen molar-refractivity contribution in [3.05, 3.63) is 65.3 Å². The number of hydrogen-bond donors (Lipinski definition) is 0. The number of aryl methyl sites for hydroxylation is 3. The third kappa shape index (κ3) is 1.70. The summed E-state index contributed by atoms with van der Waals surface area (Å²) in [5.41, 5.74) is 8.89. The van der Waals surface area contributed by atoms with Gasteiger partial charge in [0.15, 0.2) is 5.52 Å². The molecule has 29 heavy (non-hydrogen) atoms. The van der Waals surface area contributed by atoms with E-state index in [0.717, 1.165) is 5.52 Å². The lowest BCUT2D eigenvalue weighted by Gasteiger charge is -2.14. The smallest absolute Gasteiger partial charge is 0.287 e. The maximum Gasteiger partial charge on any atom is 0.287 e. The second-order valence-corrected chi connectivity index (χ2v) is 9.05. The molecule has 0 aliphatic carbocycles. The predicted molar refractivity (Wildman–Crippen MR) is 122 cm³/mol. The van der Waals surface area contributed by atoms with Gasteiger partial charge in [-0.2, -0.15) is 0 Å². The van der Waals surface area contributed by atoms with E-state index in [1.54, 1.807) is 11.3 Å². The number of para-hydroxylation sites is 1. The van der Waals surface area contributed by atoms with Gasteiger partial charge in [-0.3, -0.25) is 0 Å². The molecular formula is C25H18N3S+. The van der Waals surface area contributed by atoms with E-state index in [1.807, 2.05) is 6.33 Å². The van der Waals surface area contributed by atoms with Crippen molar-refractivity contribution in [3.8, 4) is 0 Å². The summed E-state index contributed by atoms with van der Waals surface area (Å²) in [7, 11) is 2.12. The zero-order chi connectivity index (χ0) is 19.4. The zero-order valence-electron chi connectivity index (χ0n) is 16.4. The minimum Gasteiger partial charge on any atom is -0.307 e. The molecule has 0 spiro atoms. The highest BCUT2D eigenvalue weighted by molar-refractivity contribution is 7.17. The first-order valence-corrected chi connectivity index (χ1v) is 10.8. The molecule has 138 valence electrons. The molecule has 0 saturated carbocycles. The van der Waals surface area contributed by atoms with Crippen LogP contribution in [-0.4, -0.2) is 9.38 Å². The summed E-state index contributed by atoms with van der Waals surface area (Å²) in [5, 5.41) is 8.66. The van der Waals surface area contributed by atoms with Gasteiger partial charge < -0.3 is 4.40 Å². The van der Waals surface area contributed by atoms with E-state index < -0.39 is 0 Å². The van der Waals surface area contributed by atoms with Gasteiger partial charge in [0.2, 0.25) is 0 Å². The summed E-state index contributed by atoms with van der Waals surface area (Å²) in [6, 6.07) is 15.7. The third-order valence-electron chi connectivity index (χ3n) is 6.62. The number of thiophene rings is 1. The van der Waals surface area contributed by atoms with Gasteiger partial charge in [0.05, 0.1) is 34.4 Å². The number of rotatable bonds is 0. The van der Waals surface area contributed by atoms with Crippen molar-refractivity contribution >= 4 is 70.6 Å². The lowest BCUT2D eigenvalue weighted by Crippen LogP contribution is -2.30. The average Bonchev–Trinajstić information content (AvgIpc) is 3.32. The molecule has 0 amide bonds. The molecule has 0 saturated heterocycles. The summed E-state index contributed by atoms with van der Waals surface area (Å²) in [6.45, 7) is 4.49. The van der Waals surface area contributed by atoms with Crippen LogP contribution in [0.15, 0.2) is 54.2 Å². The van der Waals surface area contributed by atoms with E-state index in [-0.39, 0.29) is 0 Å². The molecule has 4 heteroatoms. The van der Waals surface area contributed by atoms with E-state index >= 15 is 0 Å². The largest absolute Gasteiger partial charge is 0.307 e. The van der Waals surface area contributed by atoms with Crippen molar-refractivity contribution in [2.24, 2.45) is 7.05 Å². The number of aromatic nitrogens is 3. The van der Waals surface area contributed by atoms with Crippen molar-refractivity contribution in [2.45, 2.75) is 13.8 Å². The number of fused-ring (bicyclic) bond motifs is 7. The van der Waals surface area contributed by atoms with E-state index in [2.05, 4.69) is 77.7 Å². The van der Waals surface area contributed by atoms with Crippen LogP contribution in [0.4, 0.5) is 0 Å². The molecule has 4 aromatic heterocycles. The van der Waals surface area contributed by atoms with Crippen molar-refractivity contribution in [1.29, 1.82) is 0 Å². The van der Waals surface area contributed by atoms with Gasteiger partial charge in [0.1, 0.15) is 5.52 Å². The number of hydrogen-bond acceptors (Lipinski definition) is 2. The van der Waals surface area contributed by atoms with Crippen LogP contribution in [0.2, 0.25) is 0 Å². The number of pyridine rings is 1. The van der Waals surface area contributed by atoms with E-state index in [0.29, 0.717) is 0 Å². The van der Waals surface area contributed by atoms with Crippen LogP contribution in [0.5, 0.6) is 0 Å². The first kappa shape index (κ1) is 15.7. The minimum atomic E-state index is 1.10. The zero-order valence-corrected chi connectivity index (χ0v) is 17.3. The van der Waals surface area contributed by atoms with Gasteiger partial charge in [-0.05, 0) is 59.6 Å². The molecular weight excluding hydrogens is 374 g/mol. The first-order chi connectivity index (χ1) is 14.1. The Kier molecular flexibility index (Phi) is 2.71. The first-order valence-electron chi connectivity index (χ1n) is 9.88. The van der Waals surface area contributed by atoms with Gasteiger partial charge in [-0.15, -0.1) is 11.3 Å². The predicted octanol–water partition coefficient (Wildman–Crippen LogP) is 6.04. The summed E-state index contributed by atoms with van der Waals surface area (Å²) in [5.74, 6) is 0. The Morgan fingerprint density at radius 2 is 1.79 bits per heavy atom. The van der Waals surface area contributed by atoms with E-state index in [4.69, 9.17) is 4.98 Å². The summed E-state index contributed by atoms with van der Waals surface area (Å²) >= 11 is 1.79. The maximum absolute atomic E-state index is 4.89. The minimum absolute atomic E-state index is 1.10. The van der Waals surface area contributed by atoms with Crippen LogP contribution in [0.1, 0.15) is 11.1 Å². The summed E-state index contributed by atoms with van der Waals surface area (Å²) in [4.78, 5) is 4.89. The maximum atomic E-state index is 4.89. The Balaban J connectivity index is 2.02. The van der Waals surface area contributed by atoms with Gasteiger partial charge in [0.25, 0.3) is 6.33 Å². The topological polar surface area (TPSA) is 21.2 Å². The fraction of sp³-hybridized carbons (Fsp3) is 0.120. The highest BCUT2D eigenvalue weighted by atomic mass is 32.1. The van der Waals surface area contributed by atoms with E-state index in [9.17, 15) is 0 Å². The van der Waals surface area contributed by atoms with Crippen LogP contribution < -0.4 is 4.57 Å². The van der Waals surface area contributed by atoms with Crippen molar-refractivity contribution < 1.29 is 4.57 Å². The highest BCUT2D eigenvalue weighted by Crippen LogP contribution is 2.43. The summed E-state index contributed by atoms with van der Waals surface area (Å²) in [6.07, 6.45) is 1.98. The van der Waals surface area contributed by atoms with Gasteiger partial charge in [-0.1, -0.05) is 18.2 Å². The molecule has 3 aromatic carbocycles. The van der Waals surface area contributed by atoms with E-state index in [1.165, 1.54) is 64.8 Å². The van der Waals surface area contributed by atoms with Crippen LogP contribution in [0, 0.1) is 13.8 Å². The molecule has 0 radical (unpaired) electrons. The molecule has 0 N–H and O–H groups in total. The Bertz CT molecular complexity index is 1790. The molecule has 7 aromatic rings. The van der Waals surface area contributed by atoms with Crippen LogP contribution in [0.3, 0.4) is 0 Å². The second-order valence-electron chi connectivity index (χ2n) is 8.10. The monoisotopic (exact) mass is 392 g/mol. The lowest BCUT2D eigenvalue weighted by molar-refractivity contribution is -0.646. The van der Waals surface area contributed by atoms with Crippen LogP contribution in [0.25, 0.3) is 59.2 Å².